The predicted octanol–water partition coefficient (Wildman–Crippen LogP) is 4.07. The Bertz CT molecular complexity index is 621. The van der Waals surface area contributed by atoms with Gasteiger partial charge in [-0.1, -0.05) is 13.3 Å². The fourth-order valence-corrected chi connectivity index (χ4v) is 2.54. The SMILES string of the molecule is CCCc1cc(N2[CH]CCC2)nc(Nc2ccc(F)cc2)n1. The van der Waals surface area contributed by atoms with Gasteiger partial charge in [0, 0.05) is 24.0 Å². The molecule has 115 valence electrons. The number of nitrogens with zero attached hydrogens (tertiary/aromatic N) is 3. The maximum absolute atomic E-state index is 13.0. The Morgan fingerprint density at radius 1 is 1.23 bits per heavy atom. The quantitative estimate of drug-likeness (QED) is 0.903. The first-order valence-corrected chi connectivity index (χ1v) is 7.75. The van der Waals surface area contributed by atoms with Crippen molar-refractivity contribution in [3.8, 4) is 0 Å². The fourth-order valence-electron chi connectivity index (χ4n) is 2.54. The largest absolute Gasteiger partial charge is 0.351 e. The molecule has 0 atom stereocenters. The lowest BCUT2D eigenvalue weighted by atomic mass is 10.2. The van der Waals surface area contributed by atoms with Crippen molar-refractivity contribution in [2.24, 2.45) is 0 Å². The molecule has 5 heteroatoms. The minimum atomic E-state index is -0.251. The van der Waals surface area contributed by atoms with Crippen LogP contribution in [0.25, 0.3) is 0 Å². The molecular weight excluding hydrogens is 279 g/mol. The molecule has 1 radical (unpaired) electrons. The fraction of sp³-hybridized carbons (Fsp3) is 0.353. The Morgan fingerprint density at radius 3 is 2.73 bits per heavy atom. The van der Waals surface area contributed by atoms with Crippen LogP contribution in [0.2, 0.25) is 0 Å². The highest BCUT2D eigenvalue weighted by Crippen LogP contribution is 2.24. The third kappa shape index (κ3) is 3.53. The molecule has 1 aromatic carbocycles. The van der Waals surface area contributed by atoms with Crippen molar-refractivity contribution in [2.45, 2.75) is 32.6 Å². The van der Waals surface area contributed by atoms with Crippen molar-refractivity contribution < 1.29 is 4.39 Å². The number of aryl methyl sites for hydroxylation is 1. The number of halogens is 1. The Kier molecular flexibility index (Phi) is 4.51. The second-order valence-electron chi connectivity index (χ2n) is 5.44. The van der Waals surface area contributed by atoms with Crippen molar-refractivity contribution >= 4 is 17.5 Å². The minimum absolute atomic E-state index is 0.251. The Balaban J connectivity index is 1.86. The third-order valence-electron chi connectivity index (χ3n) is 3.62. The first-order valence-electron chi connectivity index (χ1n) is 7.75. The van der Waals surface area contributed by atoms with Gasteiger partial charge in [0.1, 0.15) is 11.6 Å². The minimum Gasteiger partial charge on any atom is -0.351 e. The van der Waals surface area contributed by atoms with Crippen LogP contribution in [0.1, 0.15) is 31.9 Å². The maximum atomic E-state index is 13.0. The molecule has 22 heavy (non-hydrogen) atoms. The lowest BCUT2D eigenvalue weighted by molar-refractivity contribution is 0.628. The van der Waals surface area contributed by atoms with Gasteiger partial charge in [0.2, 0.25) is 5.95 Å². The third-order valence-corrected chi connectivity index (χ3v) is 3.62. The van der Waals surface area contributed by atoms with E-state index in [2.05, 4.69) is 39.7 Å². The summed E-state index contributed by atoms with van der Waals surface area (Å²) in [6, 6.07) is 8.28. The van der Waals surface area contributed by atoms with Crippen molar-refractivity contribution in [1.82, 2.24) is 9.97 Å². The van der Waals surface area contributed by atoms with Crippen LogP contribution in [0.3, 0.4) is 0 Å². The van der Waals surface area contributed by atoms with Gasteiger partial charge in [0.25, 0.3) is 0 Å². The molecule has 1 aromatic heterocycles. The smallest absolute Gasteiger partial charge is 0.229 e. The monoisotopic (exact) mass is 299 g/mol. The van der Waals surface area contributed by atoms with Gasteiger partial charge in [0.15, 0.2) is 0 Å². The highest BCUT2D eigenvalue weighted by molar-refractivity contribution is 5.56. The normalized spacial score (nSPS) is 14.4. The molecule has 0 bridgehead atoms. The number of rotatable bonds is 5. The van der Waals surface area contributed by atoms with Gasteiger partial charge >= 0.3 is 0 Å². The standard InChI is InChI=1S/C17H20FN4/c1-2-5-15-12-16(22-10-3-4-11-22)21-17(20-15)19-14-8-6-13(18)7-9-14/h6-10,12H,2-5,11H2,1H3,(H,19,20,21). The zero-order valence-corrected chi connectivity index (χ0v) is 12.7. The van der Waals surface area contributed by atoms with E-state index in [1.54, 1.807) is 12.1 Å². The van der Waals surface area contributed by atoms with Crippen LogP contribution in [-0.4, -0.2) is 16.5 Å². The van der Waals surface area contributed by atoms with E-state index < -0.39 is 0 Å². The zero-order chi connectivity index (χ0) is 15.4. The number of aromatic nitrogens is 2. The molecular formula is C17H20FN4. The number of hydrogen-bond acceptors (Lipinski definition) is 4. The summed E-state index contributed by atoms with van der Waals surface area (Å²) in [6.07, 6.45) is 4.21. The molecule has 1 aliphatic rings. The molecule has 1 aliphatic heterocycles. The van der Waals surface area contributed by atoms with Gasteiger partial charge in [-0.25, -0.2) is 9.37 Å². The molecule has 1 saturated heterocycles. The Labute approximate surface area is 130 Å². The van der Waals surface area contributed by atoms with Gasteiger partial charge in [-0.2, -0.15) is 4.98 Å². The van der Waals surface area contributed by atoms with Crippen LogP contribution >= 0.6 is 0 Å². The summed E-state index contributed by atoms with van der Waals surface area (Å²) in [4.78, 5) is 11.3. The van der Waals surface area contributed by atoms with Crippen LogP contribution in [0.15, 0.2) is 30.3 Å². The summed E-state index contributed by atoms with van der Waals surface area (Å²) < 4.78 is 13.0. The average Bonchev–Trinajstić information content (AvgIpc) is 3.04. The van der Waals surface area contributed by atoms with Crippen LogP contribution in [0.5, 0.6) is 0 Å². The van der Waals surface area contributed by atoms with Crippen molar-refractivity contribution in [1.29, 1.82) is 0 Å². The molecule has 0 amide bonds. The molecule has 1 fully saturated rings. The second-order valence-corrected chi connectivity index (χ2v) is 5.44. The van der Waals surface area contributed by atoms with Crippen LogP contribution in [0.4, 0.5) is 21.8 Å². The Morgan fingerprint density at radius 2 is 2.05 bits per heavy atom. The summed E-state index contributed by atoms with van der Waals surface area (Å²) in [7, 11) is 0. The van der Waals surface area contributed by atoms with E-state index in [1.807, 2.05) is 0 Å². The van der Waals surface area contributed by atoms with Crippen molar-refractivity contribution in [3.05, 3.63) is 48.4 Å². The molecule has 4 nitrogen and oxygen atoms in total. The molecule has 0 aliphatic carbocycles. The van der Waals surface area contributed by atoms with E-state index >= 15 is 0 Å². The first-order chi connectivity index (χ1) is 10.7. The van der Waals surface area contributed by atoms with E-state index in [1.165, 1.54) is 12.1 Å². The topological polar surface area (TPSA) is 41.1 Å². The second kappa shape index (κ2) is 6.73. The van der Waals surface area contributed by atoms with E-state index in [-0.39, 0.29) is 5.82 Å². The van der Waals surface area contributed by atoms with Crippen molar-refractivity contribution in [2.75, 3.05) is 16.8 Å². The number of benzene rings is 1. The van der Waals surface area contributed by atoms with E-state index in [4.69, 9.17) is 0 Å². The predicted molar refractivity (Wildman–Crippen MR) is 86.6 cm³/mol. The molecule has 3 rings (SSSR count). The van der Waals surface area contributed by atoms with E-state index in [0.717, 1.165) is 49.4 Å². The average molecular weight is 299 g/mol. The summed E-state index contributed by atoms with van der Waals surface area (Å²) >= 11 is 0. The summed E-state index contributed by atoms with van der Waals surface area (Å²) in [6.45, 7) is 5.31. The molecule has 2 heterocycles. The lowest BCUT2D eigenvalue weighted by Gasteiger charge is -2.18. The van der Waals surface area contributed by atoms with Gasteiger partial charge in [0.05, 0.1) is 6.54 Å². The van der Waals surface area contributed by atoms with Gasteiger partial charge in [-0.05, 0) is 43.5 Å². The lowest BCUT2D eigenvalue weighted by Crippen LogP contribution is -2.17. The van der Waals surface area contributed by atoms with Gasteiger partial charge in [-0.3, -0.25) is 0 Å². The summed E-state index contributed by atoms with van der Waals surface area (Å²) in [5.74, 6) is 1.24. The van der Waals surface area contributed by atoms with Gasteiger partial charge in [-0.15, -0.1) is 0 Å². The highest BCUT2D eigenvalue weighted by atomic mass is 19.1. The zero-order valence-electron chi connectivity index (χ0n) is 12.7. The van der Waals surface area contributed by atoms with E-state index in [9.17, 15) is 4.39 Å². The number of hydrogen-bond donors (Lipinski definition) is 1. The molecule has 2 aromatic rings. The van der Waals surface area contributed by atoms with Crippen molar-refractivity contribution in [3.63, 3.8) is 0 Å². The molecule has 0 saturated carbocycles. The van der Waals surface area contributed by atoms with Crippen LogP contribution in [0, 0.1) is 12.4 Å². The van der Waals surface area contributed by atoms with Crippen LogP contribution < -0.4 is 10.2 Å². The molecule has 0 spiro atoms. The molecule has 1 N–H and O–H groups in total. The molecule has 0 unspecified atom stereocenters. The summed E-state index contributed by atoms with van der Waals surface area (Å²) in [5, 5.41) is 3.16. The van der Waals surface area contributed by atoms with Gasteiger partial charge < -0.3 is 10.2 Å². The number of nitrogens with one attached hydrogen (secondary N) is 1. The number of anilines is 3. The Hall–Kier alpha value is -2.17. The highest BCUT2D eigenvalue weighted by Gasteiger charge is 2.16. The maximum Gasteiger partial charge on any atom is 0.229 e. The summed E-state index contributed by atoms with van der Waals surface area (Å²) in [5.41, 5.74) is 1.81. The first kappa shape index (κ1) is 14.8. The van der Waals surface area contributed by atoms with E-state index in [0.29, 0.717) is 5.95 Å². The van der Waals surface area contributed by atoms with Crippen LogP contribution in [-0.2, 0) is 6.42 Å².